The molecule has 3 rings (SSSR count). The zero-order valence-electron chi connectivity index (χ0n) is 16.8. The highest BCUT2D eigenvalue weighted by Gasteiger charge is 2.29. The van der Waals surface area contributed by atoms with Crippen LogP contribution in [0.4, 0.5) is 11.4 Å². The minimum atomic E-state index is -4.08. The first-order valence-corrected chi connectivity index (χ1v) is 11.4. The number of amides is 1. The summed E-state index contributed by atoms with van der Waals surface area (Å²) in [6.45, 7) is 1.36. The van der Waals surface area contributed by atoms with Crippen LogP contribution in [0.2, 0.25) is 10.0 Å². The lowest BCUT2D eigenvalue weighted by molar-refractivity contribution is -0.114. The predicted octanol–water partition coefficient (Wildman–Crippen LogP) is 5.14. The molecule has 31 heavy (non-hydrogen) atoms. The standard InChI is InChI=1S/C22H20Cl2N2O4S/c1-15-7-10-17(11-8-15)31(28,29)26(20-5-3-4-6-21(20)30-2)14-22(27)25-19-13-16(23)9-12-18(19)24/h3-13H,14H2,1-2H3,(H,25,27). The van der Waals surface area contributed by atoms with Gasteiger partial charge in [-0.05, 0) is 49.4 Å². The number of methoxy groups -OCH3 is 1. The van der Waals surface area contributed by atoms with Crippen LogP contribution in [0.5, 0.6) is 5.75 Å². The van der Waals surface area contributed by atoms with E-state index in [0.717, 1.165) is 9.87 Å². The first-order valence-electron chi connectivity index (χ1n) is 9.19. The summed E-state index contributed by atoms with van der Waals surface area (Å²) in [5, 5.41) is 3.28. The molecule has 0 radical (unpaired) electrons. The number of ether oxygens (including phenoxy) is 1. The van der Waals surface area contributed by atoms with Gasteiger partial charge in [-0.25, -0.2) is 8.42 Å². The molecule has 0 fully saturated rings. The normalized spacial score (nSPS) is 11.1. The molecular weight excluding hydrogens is 459 g/mol. The molecule has 0 saturated heterocycles. The number of benzene rings is 3. The highest BCUT2D eigenvalue weighted by atomic mass is 35.5. The average Bonchev–Trinajstić information content (AvgIpc) is 2.75. The number of carbonyl (C=O) groups excluding carboxylic acids is 1. The van der Waals surface area contributed by atoms with Crippen molar-refractivity contribution in [3.05, 3.63) is 82.3 Å². The van der Waals surface area contributed by atoms with Gasteiger partial charge in [0.15, 0.2) is 0 Å². The maximum Gasteiger partial charge on any atom is 0.264 e. The first-order chi connectivity index (χ1) is 14.7. The van der Waals surface area contributed by atoms with Crippen LogP contribution in [0.1, 0.15) is 5.56 Å². The summed E-state index contributed by atoms with van der Waals surface area (Å²) < 4.78 is 33.3. The highest BCUT2D eigenvalue weighted by Crippen LogP contribution is 2.32. The molecule has 0 unspecified atom stereocenters. The van der Waals surface area contributed by atoms with Crippen LogP contribution in [0, 0.1) is 6.92 Å². The van der Waals surface area contributed by atoms with E-state index in [4.69, 9.17) is 27.9 Å². The van der Waals surface area contributed by atoms with Gasteiger partial charge < -0.3 is 10.1 Å². The van der Waals surface area contributed by atoms with Gasteiger partial charge in [0.05, 0.1) is 28.4 Å². The Kier molecular flexibility index (Phi) is 7.10. The summed E-state index contributed by atoms with van der Waals surface area (Å²) >= 11 is 12.1. The van der Waals surface area contributed by atoms with Gasteiger partial charge in [-0.1, -0.05) is 53.0 Å². The van der Waals surface area contributed by atoms with E-state index in [1.807, 2.05) is 6.92 Å². The minimum Gasteiger partial charge on any atom is -0.495 e. The molecule has 3 aromatic carbocycles. The molecule has 0 aliphatic heterocycles. The SMILES string of the molecule is COc1ccccc1N(CC(=O)Nc1cc(Cl)ccc1Cl)S(=O)(=O)c1ccc(C)cc1. The highest BCUT2D eigenvalue weighted by molar-refractivity contribution is 7.92. The van der Waals surface area contributed by atoms with Gasteiger partial charge in [0.25, 0.3) is 10.0 Å². The number of nitrogens with zero attached hydrogens (tertiary/aromatic N) is 1. The van der Waals surface area contributed by atoms with Crippen molar-refractivity contribution in [3.63, 3.8) is 0 Å². The van der Waals surface area contributed by atoms with E-state index in [1.54, 1.807) is 48.5 Å². The second kappa shape index (κ2) is 9.60. The van der Waals surface area contributed by atoms with Gasteiger partial charge >= 0.3 is 0 Å². The lowest BCUT2D eigenvalue weighted by Gasteiger charge is -2.25. The molecule has 9 heteroatoms. The number of aryl methyl sites for hydroxylation is 1. The molecule has 0 atom stereocenters. The summed E-state index contributed by atoms with van der Waals surface area (Å²) in [7, 11) is -2.64. The maximum absolute atomic E-state index is 13.5. The van der Waals surface area contributed by atoms with Crippen LogP contribution in [0.3, 0.4) is 0 Å². The number of nitrogens with one attached hydrogen (secondary N) is 1. The van der Waals surface area contributed by atoms with Crippen molar-refractivity contribution in [1.29, 1.82) is 0 Å². The summed E-state index contributed by atoms with van der Waals surface area (Å²) in [5.41, 5.74) is 1.43. The van der Waals surface area contributed by atoms with Crippen molar-refractivity contribution in [1.82, 2.24) is 0 Å². The summed E-state index contributed by atoms with van der Waals surface area (Å²) in [4.78, 5) is 12.9. The van der Waals surface area contributed by atoms with Crippen LogP contribution in [-0.2, 0) is 14.8 Å². The Labute approximate surface area is 191 Å². The van der Waals surface area contributed by atoms with Crippen LogP contribution in [0.25, 0.3) is 0 Å². The van der Waals surface area contributed by atoms with Crippen molar-refractivity contribution >= 4 is 50.5 Å². The number of carbonyl (C=O) groups is 1. The largest absolute Gasteiger partial charge is 0.495 e. The molecule has 0 heterocycles. The number of rotatable bonds is 7. The van der Waals surface area contributed by atoms with Gasteiger partial charge in [0.2, 0.25) is 5.91 Å². The molecular formula is C22H20Cl2N2O4S. The van der Waals surface area contributed by atoms with Gasteiger partial charge in [-0.3, -0.25) is 9.10 Å². The second-order valence-electron chi connectivity index (χ2n) is 6.67. The summed E-state index contributed by atoms with van der Waals surface area (Å²) in [6.07, 6.45) is 0. The van der Waals surface area contributed by atoms with Crippen LogP contribution in [0.15, 0.2) is 71.6 Å². The monoisotopic (exact) mass is 478 g/mol. The Morgan fingerprint density at radius 1 is 1.03 bits per heavy atom. The average molecular weight is 479 g/mol. The Morgan fingerprint density at radius 3 is 2.39 bits per heavy atom. The number of para-hydroxylation sites is 2. The second-order valence-corrected chi connectivity index (χ2v) is 9.37. The molecule has 0 aromatic heterocycles. The van der Waals surface area contributed by atoms with Crippen molar-refractivity contribution in [3.8, 4) is 5.75 Å². The van der Waals surface area contributed by atoms with Crippen LogP contribution >= 0.6 is 23.2 Å². The lowest BCUT2D eigenvalue weighted by Crippen LogP contribution is -2.38. The molecule has 0 saturated carbocycles. The third-order valence-electron chi connectivity index (χ3n) is 4.45. The van der Waals surface area contributed by atoms with E-state index >= 15 is 0 Å². The van der Waals surface area contributed by atoms with Crippen molar-refractivity contribution in [2.75, 3.05) is 23.3 Å². The third kappa shape index (κ3) is 5.31. The Morgan fingerprint density at radius 2 is 1.71 bits per heavy atom. The quantitative estimate of drug-likeness (QED) is 0.509. The van der Waals surface area contributed by atoms with Crippen LogP contribution in [-0.4, -0.2) is 28.0 Å². The number of anilines is 2. The Bertz CT molecular complexity index is 1200. The number of hydrogen-bond donors (Lipinski definition) is 1. The van der Waals surface area contributed by atoms with E-state index in [-0.39, 0.29) is 21.3 Å². The number of sulfonamides is 1. The van der Waals surface area contributed by atoms with Gasteiger partial charge in [-0.15, -0.1) is 0 Å². The zero-order chi connectivity index (χ0) is 22.6. The third-order valence-corrected chi connectivity index (χ3v) is 6.79. The van der Waals surface area contributed by atoms with Gasteiger partial charge in [0, 0.05) is 5.02 Å². The van der Waals surface area contributed by atoms with E-state index in [0.29, 0.717) is 10.8 Å². The van der Waals surface area contributed by atoms with E-state index < -0.39 is 22.5 Å². The molecule has 0 aliphatic rings. The predicted molar refractivity (Wildman–Crippen MR) is 124 cm³/mol. The number of hydrogen-bond acceptors (Lipinski definition) is 4. The minimum absolute atomic E-state index is 0.0533. The molecule has 162 valence electrons. The maximum atomic E-state index is 13.5. The lowest BCUT2D eigenvalue weighted by atomic mass is 10.2. The Hall–Kier alpha value is -2.74. The smallest absolute Gasteiger partial charge is 0.264 e. The molecule has 0 bridgehead atoms. The fraction of sp³-hybridized carbons (Fsp3) is 0.136. The summed E-state index contributed by atoms with van der Waals surface area (Å²) in [5.74, 6) is -0.280. The van der Waals surface area contributed by atoms with Crippen molar-refractivity contribution < 1.29 is 17.9 Å². The fourth-order valence-corrected chi connectivity index (χ4v) is 4.65. The zero-order valence-corrected chi connectivity index (χ0v) is 19.1. The van der Waals surface area contributed by atoms with Gasteiger partial charge in [-0.2, -0.15) is 0 Å². The fourth-order valence-electron chi connectivity index (χ4n) is 2.89. The van der Waals surface area contributed by atoms with Crippen LogP contribution < -0.4 is 14.4 Å². The first kappa shape index (κ1) is 22.9. The molecule has 3 aromatic rings. The van der Waals surface area contributed by atoms with Crippen molar-refractivity contribution in [2.24, 2.45) is 0 Å². The van der Waals surface area contributed by atoms with E-state index in [2.05, 4.69) is 5.32 Å². The number of halogens is 2. The van der Waals surface area contributed by atoms with Gasteiger partial charge in [0.1, 0.15) is 12.3 Å². The van der Waals surface area contributed by atoms with E-state index in [9.17, 15) is 13.2 Å². The molecule has 0 aliphatic carbocycles. The molecule has 0 spiro atoms. The molecule has 6 nitrogen and oxygen atoms in total. The topological polar surface area (TPSA) is 75.7 Å². The molecule has 1 amide bonds. The summed E-state index contributed by atoms with van der Waals surface area (Å²) in [6, 6.07) is 17.6. The van der Waals surface area contributed by atoms with Crippen molar-refractivity contribution in [2.45, 2.75) is 11.8 Å². The van der Waals surface area contributed by atoms with E-state index in [1.165, 1.54) is 25.3 Å². The Balaban J connectivity index is 2.01. The molecule has 1 N–H and O–H groups in total.